The summed E-state index contributed by atoms with van der Waals surface area (Å²) in [6.45, 7) is 3.20. The number of carbonyl (C=O) groups excluding carboxylic acids is 1. The average molecular weight is 444 g/mol. The Hall–Kier alpha value is -2.32. The quantitative estimate of drug-likeness (QED) is 0.574. The van der Waals surface area contributed by atoms with Gasteiger partial charge in [0.25, 0.3) is 5.56 Å². The van der Waals surface area contributed by atoms with Crippen molar-refractivity contribution in [1.82, 2.24) is 14.9 Å². The van der Waals surface area contributed by atoms with Crippen LogP contribution in [0.15, 0.2) is 29.1 Å². The van der Waals surface area contributed by atoms with Crippen molar-refractivity contribution in [3.8, 4) is 5.75 Å². The van der Waals surface area contributed by atoms with Crippen LogP contribution in [-0.4, -0.2) is 40.2 Å². The van der Waals surface area contributed by atoms with Gasteiger partial charge in [-0.2, -0.15) is 0 Å². The molecule has 1 N–H and O–H groups in total. The minimum absolute atomic E-state index is 0.0454. The highest BCUT2D eigenvalue weighted by Gasteiger charge is 2.21. The van der Waals surface area contributed by atoms with E-state index in [0.29, 0.717) is 30.4 Å². The third kappa shape index (κ3) is 4.39. The lowest BCUT2D eigenvalue weighted by atomic mass is 10.2. The fourth-order valence-corrected chi connectivity index (χ4v) is 5.84. The zero-order valence-corrected chi connectivity index (χ0v) is 18.8. The van der Waals surface area contributed by atoms with Crippen molar-refractivity contribution in [1.29, 1.82) is 0 Å². The fraction of sp³-hybridized carbons (Fsp3) is 0.409. The van der Waals surface area contributed by atoms with Crippen LogP contribution in [0.25, 0.3) is 10.2 Å². The van der Waals surface area contributed by atoms with E-state index in [2.05, 4.69) is 9.97 Å². The molecule has 0 saturated carbocycles. The molecule has 0 spiro atoms. The molecule has 6 nitrogen and oxygen atoms in total. The van der Waals surface area contributed by atoms with E-state index in [1.54, 1.807) is 18.4 Å². The van der Waals surface area contributed by atoms with E-state index in [4.69, 9.17) is 4.74 Å². The molecule has 2 heterocycles. The second-order valence-electron chi connectivity index (χ2n) is 7.30. The maximum absolute atomic E-state index is 12.7. The zero-order valence-electron chi connectivity index (χ0n) is 17.2. The molecule has 158 valence electrons. The van der Waals surface area contributed by atoms with Crippen molar-refractivity contribution < 1.29 is 9.53 Å². The third-order valence-corrected chi connectivity index (χ3v) is 7.47. The van der Waals surface area contributed by atoms with Gasteiger partial charge >= 0.3 is 0 Å². The second kappa shape index (κ2) is 9.22. The van der Waals surface area contributed by atoms with Crippen LogP contribution >= 0.6 is 23.1 Å². The highest BCUT2D eigenvalue weighted by molar-refractivity contribution is 7.99. The van der Waals surface area contributed by atoms with Crippen LogP contribution in [0.4, 0.5) is 0 Å². The van der Waals surface area contributed by atoms with Crippen LogP contribution in [0.1, 0.15) is 35.2 Å². The SMILES string of the molecule is CCN(Cc1ccc(OC)cc1)C(=O)CSCc1nc2sc3c(c2c(=O)[nH]1)CCC3. The summed E-state index contributed by atoms with van der Waals surface area (Å²) in [6, 6.07) is 7.76. The van der Waals surface area contributed by atoms with Crippen molar-refractivity contribution >= 4 is 39.2 Å². The first-order valence-corrected chi connectivity index (χ1v) is 12.1. The number of hydrogen-bond acceptors (Lipinski definition) is 6. The number of aryl methyl sites for hydroxylation is 2. The number of aromatic amines is 1. The molecule has 1 aliphatic carbocycles. The minimum atomic E-state index is -0.0454. The highest BCUT2D eigenvalue weighted by Crippen LogP contribution is 2.34. The zero-order chi connectivity index (χ0) is 21.1. The number of hydrogen-bond donors (Lipinski definition) is 1. The molecule has 0 bridgehead atoms. The smallest absolute Gasteiger partial charge is 0.259 e. The van der Waals surface area contributed by atoms with Gasteiger partial charge in [-0.25, -0.2) is 4.98 Å². The van der Waals surface area contributed by atoms with Crippen molar-refractivity contribution in [2.45, 2.75) is 38.5 Å². The lowest BCUT2D eigenvalue weighted by Crippen LogP contribution is -2.31. The molecule has 3 aromatic rings. The van der Waals surface area contributed by atoms with E-state index in [1.165, 1.54) is 22.2 Å². The first-order chi connectivity index (χ1) is 14.6. The molecule has 2 aromatic heterocycles. The first kappa shape index (κ1) is 20.9. The van der Waals surface area contributed by atoms with Crippen LogP contribution in [0.2, 0.25) is 0 Å². The molecule has 1 aromatic carbocycles. The molecule has 30 heavy (non-hydrogen) atoms. The second-order valence-corrected chi connectivity index (χ2v) is 9.37. The Balaban J connectivity index is 1.35. The Morgan fingerprint density at radius 3 is 2.83 bits per heavy atom. The lowest BCUT2D eigenvalue weighted by molar-refractivity contribution is -0.128. The summed E-state index contributed by atoms with van der Waals surface area (Å²) in [5.41, 5.74) is 2.21. The summed E-state index contributed by atoms with van der Waals surface area (Å²) in [5.74, 6) is 2.39. The number of benzene rings is 1. The number of H-pyrrole nitrogens is 1. The Bertz CT molecular complexity index is 1110. The summed E-state index contributed by atoms with van der Waals surface area (Å²) < 4.78 is 5.18. The molecule has 0 atom stereocenters. The van der Waals surface area contributed by atoms with Gasteiger partial charge in [0.05, 0.1) is 24.0 Å². The number of carbonyl (C=O) groups is 1. The molecule has 1 aliphatic rings. The predicted molar refractivity (Wildman–Crippen MR) is 123 cm³/mol. The number of ether oxygens (including phenoxy) is 1. The standard InChI is InChI=1S/C22H25N3O3S2/c1-3-25(11-14-7-9-15(28-2)10-8-14)19(26)13-29-12-18-23-21(27)20-16-5-4-6-17(16)30-22(20)24-18/h7-10H,3-6,11-13H2,1-2H3,(H,23,24,27). The van der Waals surface area contributed by atoms with Gasteiger partial charge in [-0.05, 0) is 49.4 Å². The van der Waals surface area contributed by atoms with Crippen molar-refractivity contribution in [3.63, 3.8) is 0 Å². The maximum Gasteiger partial charge on any atom is 0.259 e. The normalized spacial score (nSPS) is 12.9. The van der Waals surface area contributed by atoms with Crippen LogP contribution < -0.4 is 10.3 Å². The molecule has 0 unspecified atom stereocenters. The topological polar surface area (TPSA) is 75.3 Å². The van der Waals surface area contributed by atoms with E-state index in [1.807, 2.05) is 36.1 Å². The van der Waals surface area contributed by atoms with Gasteiger partial charge in [0.15, 0.2) is 0 Å². The first-order valence-electron chi connectivity index (χ1n) is 10.1. The molecular formula is C22H25N3O3S2. The summed E-state index contributed by atoms with van der Waals surface area (Å²) >= 11 is 3.13. The van der Waals surface area contributed by atoms with Gasteiger partial charge in [-0.15, -0.1) is 23.1 Å². The average Bonchev–Trinajstić information content (AvgIpc) is 3.33. The third-order valence-electron chi connectivity index (χ3n) is 5.36. The van der Waals surface area contributed by atoms with Crippen molar-refractivity contribution in [3.05, 3.63) is 56.4 Å². The minimum Gasteiger partial charge on any atom is -0.497 e. The maximum atomic E-state index is 12.7. The Morgan fingerprint density at radius 2 is 2.10 bits per heavy atom. The molecule has 0 fully saturated rings. The number of thioether (sulfide) groups is 1. The predicted octanol–water partition coefficient (Wildman–Crippen LogP) is 3.76. The van der Waals surface area contributed by atoms with E-state index >= 15 is 0 Å². The number of nitrogens with zero attached hydrogens (tertiary/aromatic N) is 2. The molecular weight excluding hydrogens is 418 g/mol. The highest BCUT2D eigenvalue weighted by atomic mass is 32.2. The van der Waals surface area contributed by atoms with Gasteiger partial charge in [-0.3, -0.25) is 9.59 Å². The van der Waals surface area contributed by atoms with Crippen LogP contribution in [0, 0.1) is 0 Å². The number of fused-ring (bicyclic) bond motifs is 3. The van der Waals surface area contributed by atoms with Gasteiger partial charge in [0, 0.05) is 18.0 Å². The Labute approximate surface area is 183 Å². The molecule has 8 heteroatoms. The number of amides is 1. The van der Waals surface area contributed by atoms with E-state index < -0.39 is 0 Å². The summed E-state index contributed by atoms with van der Waals surface area (Å²) in [4.78, 5) is 36.7. The lowest BCUT2D eigenvalue weighted by Gasteiger charge is -2.21. The number of thiophene rings is 1. The number of nitrogens with one attached hydrogen (secondary N) is 1. The molecule has 0 radical (unpaired) electrons. The Morgan fingerprint density at radius 1 is 1.30 bits per heavy atom. The number of rotatable bonds is 8. The van der Waals surface area contributed by atoms with Gasteiger partial charge < -0.3 is 14.6 Å². The van der Waals surface area contributed by atoms with Crippen molar-refractivity contribution in [2.24, 2.45) is 0 Å². The summed E-state index contributed by atoms with van der Waals surface area (Å²) in [7, 11) is 1.64. The summed E-state index contributed by atoms with van der Waals surface area (Å²) in [5, 5.41) is 0.772. The van der Waals surface area contributed by atoms with Crippen LogP contribution in [0.3, 0.4) is 0 Å². The monoisotopic (exact) mass is 443 g/mol. The van der Waals surface area contributed by atoms with E-state index in [-0.39, 0.29) is 11.5 Å². The number of aromatic nitrogens is 2. The van der Waals surface area contributed by atoms with Gasteiger partial charge in [0.1, 0.15) is 16.4 Å². The van der Waals surface area contributed by atoms with Crippen LogP contribution in [-0.2, 0) is 29.9 Å². The van der Waals surface area contributed by atoms with E-state index in [9.17, 15) is 9.59 Å². The molecule has 0 aliphatic heterocycles. The molecule has 4 rings (SSSR count). The molecule has 0 saturated heterocycles. The fourth-order valence-electron chi connectivity index (χ4n) is 3.77. The van der Waals surface area contributed by atoms with Crippen LogP contribution in [0.5, 0.6) is 5.75 Å². The Kier molecular flexibility index (Phi) is 6.43. The molecule has 1 amide bonds. The largest absolute Gasteiger partial charge is 0.497 e. The van der Waals surface area contributed by atoms with Crippen molar-refractivity contribution in [2.75, 3.05) is 19.4 Å². The van der Waals surface area contributed by atoms with Gasteiger partial charge in [0.2, 0.25) is 5.91 Å². The summed E-state index contributed by atoms with van der Waals surface area (Å²) in [6.07, 6.45) is 3.15. The number of methoxy groups -OCH3 is 1. The van der Waals surface area contributed by atoms with E-state index in [0.717, 1.165) is 40.8 Å². The van der Waals surface area contributed by atoms with Gasteiger partial charge in [-0.1, -0.05) is 12.1 Å².